The van der Waals surface area contributed by atoms with E-state index in [4.69, 9.17) is 22.9 Å². The number of aliphatic hydroxyl groups is 1. The maximum Gasteiger partial charge on any atom is 0.244 e. The van der Waals surface area contributed by atoms with Gasteiger partial charge in [0, 0.05) is 47.1 Å². The number of carbonyl (C=O) groups is 8. The normalized spacial score (nSPS) is 22.0. The first-order valence-electron chi connectivity index (χ1n) is 24.2. The second kappa shape index (κ2) is 28.0. The zero-order chi connectivity index (χ0) is 54.1. The Morgan fingerprint density at radius 2 is 1.35 bits per heavy atom. The number of H-pyrrole nitrogens is 1. The Kier molecular flexibility index (Phi) is 21.9. The molecule has 9 atom stereocenters. The van der Waals surface area contributed by atoms with Crippen LogP contribution in [0, 0.1) is 5.92 Å². The highest BCUT2D eigenvalue weighted by Crippen LogP contribution is 2.25. The molecule has 5 rings (SSSR count). The monoisotopic (exact) mass is 1060 g/mol. The minimum Gasteiger partial charge on any atom is -0.508 e. The zero-order valence-corrected chi connectivity index (χ0v) is 43.1. The molecule has 8 amide bonds. The average Bonchev–Trinajstić information content (AvgIpc) is 3.77. The van der Waals surface area contributed by atoms with Crippen molar-refractivity contribution in [1.82, 2.24) is 42.2 Å². The summed E-state index contributed by atoms with van der Waals surface area (Å²) >= 11 is 0. The lowest BCUT2D eigenvalue weighted by atomic mass is 10.00. The van der Waals surface area contributed by atoms with Gasteiger partial charge < -0.3 is 75.3 Å². The predicted octanol–water partition coefficient (Wildman–Crippen LogP) is -0.749. The van der Waals surface area contributed by atoms with Crippen molar-refractivity contribution < 1.29 is 48.6 Å². The number of benzene rings is 3. The highest BCUT2D eigenvalue weighted by atomic mass is 33.1. The summed E-state index contributed by atoms with van der Waals surface area (Å²) in [7, 11) is 2.00. The van der Waals surface area contributed by atoms with E-state index >= 15 is 0 Å². The maximum absolute atomic E-state index is 14.8. The minimum absolute atomic E-state index is 0.0544. The predicted molar refractivity (Wildman–Crippen MR) is 283 cm³/mol. The quantitative estimate of drug-likeness (QED) is 0.0352. The molecule has 18 N–H and O–H groups in total. The van der Waals surface area contributed by atoms with Gasteiger partial charge in [0.05, 0.1) is 12.1 Å². The van der Waals surface area contributed by atoms with Gasteiger partial charge in [-0.1, -0.05) is 77.9 Å². The maximum atomic E-state index is 14.8. The zero-order valence-electron chi connectivity index (χ0n) is 41.4. The molecule has 0 bridgehead atoms. The number of para-hydroxylation sites is 1. The van der Waals surface area contributed by atoms with Crippen LogP contribution in [0.15, 0.2) is 79.0 Å². The van der Waals surface area contributed by atoms with Gasteiger partial charge in [-0.15, -0.1) is 0 Å². The van der Waals surface area contributed by atoms with Crippen LogP contribution >= 0.6 is 21.6 Å². The molecule has 1 aromatic heterocycles. The van der Waals surface area contributed by atoms with Crippen molar-refractivity contribution in [1.29, 1.82) is 0 Å². The number of primary amides is 1. The van der Waals surface area contributed by atoms with Gasteiger partial charge in [-0.3, -0.25) is 38.4 Å². The minimum atomic E-state index is -1.55. The van der Waals surface area contributed by atoms with E-state index in [-0.39, 0.29) is 49.5 Å². The lowest BCUT2D eigenvalue weighted by Crippen LogP contribution is -2.62. The highest BCUT2D eigenvalue weighted by Gasteiger charge is 2.36. The molecular weight excluding hydrogens is 993 g/mol. The number of nitrogens with one attached hydrogen (secondary N) is 8. The molecule has 4 aromatic rings. The summed E-state index contributed by atoms with van der Waals surface area (Å²) in [5, 5.41) is 40.0. The van der Waals surface area contributed by atoms with E-state index in [2.05, 4.69) is 42.2 Å². The molecule has 0 saturated carbocycles. The first-order chi connectivity index (χ1) is 35.2. The van der Waals surface area contributed by atoms with Crippen LogP contribution in [0.4, 0.5) is 5.69 Å². The number of hydrogen-bond acceptors (Lipinski definition) is 15. The second-order valence-corrected chi connectivity index (χ2v) is 21.1. The van der Waals surface area contributed by atoms with E-state index in [0.29, 0.717) is 35.2 Å². The molecular formula is C50H68N12O10S2. The van der Waals surface area contributed by atoms with Crippen LogP contribution < -0.4 is 60.2 Å². The number of aromatic hydroxyl groups is 1. The molecule has 1 fully saturated rings. The molecule has 0 aliphatic carbocycles. The molecule has 1 aliphatic rings. The Morgan fingerprint density at radius 1 is 0.743 bits per heavy atom. The number of aromatic amines is 1. The summed E-state index contributed by atoms with van der Waals surface area (Å²) in [6, 6.07) is 9.05. The van der Waals surface area contributed by atoms with Crippen LogP contribution in [0.1, 0.15) is 56.7 Å². The number of amides is 8. The molecule has 400 valence electrons. The Labute approximate surface area is 436 Å². The molecule has 1 aliphatic heterocycles. The fourth-order valence-electron chi connectivity index (χ4n) is 8.00. The van der Waals surface area contributed by atoms with Crippen molar-refractivity contribution in [3.05, 3.63) is 95.7 Å². The first-order valence-corrected chi connectivity index (χ1v) is 26.7. The van der Waals surface area contributed by atoms with Crippen molar-refractivity contribution in [3.63, 3.8) is 0 Å². The van der Waals surface area contributed by atoms with Gasteiger partial charge in [0.2, 0.25) is 47.3 Å². The fourth-order valence-corrected chi connectivity index (χ4v) is 10.3. The largest absolute Gasteiger partial charge is 0.508 e. The van der Waals surface area contributed by atoms with E-state index < -0.39 is 108 Å². The van der Waals surface area contributed by atoms with Crippen LogP contribution in [0.2, 0.25) is 0 Å². The van der Waals surface area contributed by atoms with Gasteiger partial charge >= 0.3 is 0 Å². The van der Waals surface area contributed by atoms with E-state index in [1.54, 1.807) is 56.4 Å². The molecule has 22 nitrogen and oxygen atoms in total. The lowest BCUT2D eigenvalue weighted by molar-refractivity contribution is -0.136. The lowest BCUT2D eigenvalue weighted by Gasteiger charge is -2.29. The number of carbonyl (C=O) groups excluding carboxylic acids is 8. The molecule has 0 unspecified atom stereocenters. The number of nitrogen functional groups attached to an aromatic ring is 1. The summed E-state index contributed by atoms with van der Waals surface area (Å²) in [4.78, 5) is 116. The van der Waals surface area contributed by atoms with Crippen LogP contribution in [0.5, 0.6) is 5.75 Å². The van der Waals surface area contributed by atoms with Crippen LogP contribution in [-0.2, 0) is 57.6 Å². The average molecular weight is 1060 g/mol. The molecule has 3 aromatic carbocycles. The Bertz CT molecular complexity index is 2580. The number of anilines is 1. The summed E-state index contributed by atoms with van der Waals surface area (Å²) < 4.78 is 0. The van der Waals surface area contributed by atoms with Gasteiger partial charge in [0.25, 0.3) is 0 Å². The SMILES string of the molecule is CC(C)[C@@H]1NC(=O)[C@H](CCCCN)NC(=O)[C@@H](Cc2c[nH]c3ccccc23)NC(=O)[C@H](Cc2ccc(O)cc2)NC(=O)[C@@H](NC(=O)[C@H](N)Cc2ccc(N)cc2)CSSC[C@@H](C(=O)N[C@@H](C(N)=O)[C@@H](C)O)NC1=O. The van der Waals surface area contributed by atoms with Crippen molar-refractivity contribution >= 4 is 85.4 Å². The van der Waals surface area contributed by atoms with E-state index in [1.807, 2.05) is 24.3 Å². The summed E-state index contributed by atoms with van der Waals surface area (Å²) in [6.07, 6.45) is 1.00. The van der Waals surface area contributed by atoms with Gasteiger partial charge in [-0.05, 0) is 92.1 Å². The Hall–Kier alpha value is -6.86. The number of aromatic nitrogens is 1. The molecule has 1 saturated heterocycles. The van der Waals surface area contributed by atoms with Crippen LogP contribution in [-0.4, -0.2) is 135 Å². The number of rotatable bonds is 17. The number of aliphatic hydroxyl groups excluding tert-OH is 1. The third-order valence-corrected chi connectivity index (χ3v) is 14.7. The Balaban J connectivity index is 1.58. The van der Waals surface area contributed by atoms with Crippen LogP contribution in [0.25, 0.3) is 10.9 Å². The van der Waals surface area contributed by atoms with Crippen molar-refractivity contribution in [2.75, 3.05) is 23.8 Å². The number of phenolic OH excluding ortho intramolecular Hbond substituents is 1. The number of nitrogens with two attached hydrogens (primary N) is 4. The summed E-state index contributed by atoms with van der Waals surface area (Å²) in [6.45, 7) is 4.83. The third-order valence-electron chi connectivity index (χ3n) is 12.2. The number of unbranched alkanes of at least 4 members (excludes halogenated alkanes) is 1. The van der Waals surface area contributed by atoms with Crippen molar-refractivity contribution in [2.24, 2.45) is 23.1 Å². The van der Waals surface area contributed by atoms with E-state index in [9.17, 15) is 48.6 Å². The number of hydrogen-bond donors (Lipinski definition) is 14. The summed E-state index contributed by atoms with van der Waals surface area (Å²) in [5.74, 6) is -7.75. The Morgan fingerprint density at radius 3 is 2.00 bits per heavy atom. The fraction of sp³-hybridized carbons (Fsp3) is 0.440. The number of phenols is 1. The highest BCUT2D eigenvalue weighted by molar-refractivity contribution is 8.76. The van der Waals surface area contributed by atoms with E-state index in [1.165, 1.54) is 19.1 Å². The molecule has 24 heteroatoms. The molecule has 0 spiro atoms. The van der Waals surface area contributed by atoms with Gasteiger partial charge in [-0.2, -0.15) is 0 Å². The van der Waals surface area contributed by atoms with Crippen LogP contribution in [0.3, 0.4) is 0 Å². The standard InChI is InChI=1S/C50H68N12O10S2/c1-26(2)41-50(72)60-40(49(71)62-42(27(3)63)43(54)65)25-74-73-24-39(59-44(66)34(53)20-28-11-15-31(52)16-12-28)48(70)57-37(21-29-13-17-32(64)18-14-29)46(68)58-38(22-30-23-55-35-9-5-4-8-33(30)35)47(69)56-36(45(67)61-41)10-6-7-19-51/h4-5,8-9,11-18,23,26-27,34,36-42,55,63-64H,6-7,10,19-22,24-25,51-53H2,1-3H3,(H2,54,65)(H,56,69)(H,57,70)(H,58,68)(H,59,66)(H,60,72)(H,61,67)(H,62,71)/t27-,34-,36+,37+,38-,39+,40+,41+,42-/m1/s1. The topological polar surface area (TPSA) is 381 Å². The summed E-state index contributed by atoms with van der Waals surface area (Å²) in [5.41, 5.74) is 26.6. The first kappa shape index (κ1) is 58.0. The van der Waals surface area contributed by atoms with E-state index in [0.717, 1.165) is 32.5 Å². The van der Waals surface area contributed by atoms with Crippen molar-refractivity contribution in [3.8, 4) is 5.75 Å². The number of fused-ring (bicyclic) bond motifs is 1. The van der Waals surface area contributed by atoms with Crippen molar-refractivity contribution in [2.45, 2.75) is 114 Å². The molecule has 2 heterocycles. The van der Waals surface area contributed by atoms with Gasteiger partial charge in [0.1, 0.15) is 48.0 Å². The molecule has 74 heavy (non-hydrogen) atoms. The third kappa shape index (κ3) is 17.1. The van der Waals surface area contributed by atoms with Gasteiger partial charge in [0.15, 0.2) is 0 Å². The van der Waals surface area contributed by atoms with Gasteiger partial charge in [-0.25, -0.2) is 0 Å². The molecule has 0 radical (unpaired) electrons. The smallest absolute Gasteiger partial charge is 0.244 e. The second-order valence-electron chi connectivity index (χ2n) is 18.5.